The second-order valence-corrected chi connectivity index (χ2v) is 3.26. The SMILES string of the molecule is Nc1ccc2c(c1F)CCCOC2. The minimum Gasteiger partial charge on any atom is -0.396 e. The normalized spacial score (nSPS) is 16.4. The molecule has 1 aromatic rings. The van der Waals surface area contributed by atoms with Crippen LogP contribution < -0.4 is 5.73 Å². The molecule has 1 heterocycles. The van der Waals surface area contributed by atoms with E-state index in [9.17, 15) is 4.39 Å². The summed E-state index contributed by atoms with van der Waals surface area (Å²) in [5.41, 5.74) is 7.38. The highest BCUT2D eigenvalue weighted by Gasteiger charge is 2.13. The van der Waals surface area contributed by atoms with Gasteiger partial charge in [0.1, 0.15) is 5.82 Å². The lowest BCUT2D eigenvalue weighted by molar-refractivity contribution is 0.125. The highest BCUT2D eigenvalue weighted by molar-refractivity contribution is 5.46. The zero-order valence-corrected chi connectivity index (χ0v) is 7.35. The summed E-state index contributed by atoms with van der Waals surface area (Å²) in [6, 6.07) is 3.45. The van der Waals surface area contributed by atoms with Crippen LogP contribution in [-0.2, 0) is 17.8 Å². The third-order valence-electron chi connectivity index (χ3n) is 2.34. The third-order valence-corrected chi connectivity index (χ3v) is 2.34. The van der Waals surface area contributed by atoms with Gasteiger partial charge in [-0.15, -0.1) is 0 Å². The maximum atomic E-state index is 13.5. The maximum Gasteiger partial charge on any atom is 0.149 e. The van der Waals surface area contributed by atoms with Crippen LogP contribution in [0.2, 0.25) is 0 Å². The van der Waals surface area contributed by atoms with Crippen molar-refractivity contribution in [3.63, 3.8) is 0 Å². The Hall–Kier alpha value is -1.09. The molecule has 70 valence electrons. The molecule has 0 spiro atoms. The van der Waals surface area contributed by atoms with E-state index in [-0.39, 0.29) is 11.5 Å². The van der Waals surface area contributed by atoms with Gasteiger partial charge < -0.3 is 10.5 Å². The number of rotatable bonds is 0. The minimum atomic E-state index is -0.261. The van der Waals surface area contributed by atoms with Gasteiger partial charge in [-0.2, -0.15) is 0 Å². The molecular formula is C10H12FNO. The van der Waals surface area contributed by atoms with Crippen LogP contribution in [0.15, 0.2) is 12.1 Å². The second-order valence-electron chi connectivity index (χ2n) is 3.26. The molecule has 0 amide bonds. The van der Waals surface area contributed by atoms with Crippen molar-refractivity contribution in [2.75, 3.05) is 12.3 Å². The summed E-state index contributed by atoms with van der Waals surface area (Å²) in [6.07, 6.45) is 1.60. The van der Waals surface area contributed by atoms with Crippen molar-refractivity contribution in [1.29, 1.82) is 0 Å². The number of benzene rings is 1. The summed E-state index contributed by atoms with van der Waals surface area (Å²) in [5, 5.41) is 0. The lowest BCUT2D eigenvalue weighted by Crippen LogP contribution is -2.00. The lowest BCUT2D eigenvalue weighted by Gasteiger charge is -2.07. The van der Waals surface area contributed by atoms with Crippen molar-refractivity contribution in [1.82, 2.24) is 0 Å². The van der Waals surface area contributed by atoms with Crippen molar-refractivity contribution in [2.45, 2.75) is 19.4 Å². The van der Waals surface area contributed by atoms with Crippen LogP contribution in [0.25, 0.3) is 0 Å². The van der Waals surface area contributed by atoms with E-state index in [1.54, 1.807) is 6.07 Å². The maximum absolute atomic E-state index is 13.5. The van der Waals surface area contributed by atoms with Crippen molar-refractivity contribution < 1.29 is 9.13 Å². The van der Waals surface area contributed by atoms with Crippen LogP contribution in [0.1, 0.15) is 17.5 Å². The van der Waals surface area contributed by atoms with Gasteiger partial charge in [0.2, 0.25) is 0 Å². The summed E-state index contributed by atoms with van der Waals surface area (Å²) in [6.45, 7) is 1.21. The van der Waals surface area contributed by atoms with E-state index in [0.717, 1.165) is 24.0 Å². The molecule has 0 saturated heterocycles. The second kappa shape index (κ2) is 3.34. The number of fused-ring (bicyclic) bond motifs is 1. The predicted octanol–water partition coefficient (Wildman–Crippen LogP) is 1.87. The van der Waals surface area contributed by atoms with Gasteiger partial charge in [-0.25, -0.2) is 4.39 Å². The summed E-state index contributed by atoms with van der Waals surface area (Å²) < 4.78 is 18.8. The summed E-state index contributed by atoms with van der Waals surface area (Å²) in [4.78, 5) is 0. The van der Waals surface area contributed by atoms with Crippen LogP contribution in [0.3, 0.4) is 0 Å². The van der Waals surface area contributed by atoms with Crippen molar-refractivity contribution >= 4 is 5.69 Å². The van der Waals surface area contributed by atoms with Gasteiger partial charge in [0, 0.05) is 6.61 Å². The third kappa shape index (κ3) is 1.52. The topological polar surface area (TPSA) is 35.2 Å². The standard InChI is InChI=1S/C10H12FNO/c11-10-8-2-1-5-13-6-7(8)3-4-9(10)12/h3-4H,1-2,5-6,12H2. The Bertz CT molecular complexity index is 325. The van der Waals surface area contributed by atoms with Crippen LogP contribution in [0.4, 0.5) is 10.1 Å². The van der Waals surface area contributed by atoms with E-state index < -0.39 is 0 Å². The molecule has 2 nitrogen and oxygen atoms in total. The number of halogens is 1. The molecular weight excluding hydrogens is 169 g/mol. The number of ether oxygens (including phenoxy) is 1. The number of hydrogen-bond acceptors (Lipinski definition) is 2. The van der Waals surface area contributed by atoms with Crippen molar-refractivity contribution in [3.8, 4) is 0 Å². The molecule has 0 aliphatic carbocycles. The lowest BCUT2D eigenvalue weighted by atomic mass is 10.0. The molecule has 2 rings (SSSR count). The molecule has 0 saturated carbocycles. The molecule has 2 N–H and O–H groups in total. The Balaban J connectivity index is 2.48. The highest BCUT2D eigenvalue weighted by Crippen LogP contribution is 2.23. The number of anilines is 1. The molecule has 0 unspecified atom stereocenters. The first kappa shape index (κ1) is 8.51. The molecule has 1 aliphatic heterocycles. The first-order valence-corrected chi connectivity index (χ1v) is 4.42. The number of nitrogens with two attached hydrogens (primary N) is 1. The average molecular weight is 181 g/mol. The monoisotopic (exact) mass is 181 g/mol. The van der Waals surface area contributed by atoms with Crippen LogP contribution in [-0.4, -0.2) is 6.61 Å². The number of hydrogen-bond donors (Lipinski definition) is 1. The Morgan fingerprint density at radius 3 is 3.08 bits per heavy atom. The molecule has 3 heteroatoms. The first-order valence-electron chi connectivity index (χ1n) is 4.42. The van der Waals surface area contributed by atoms with E-state index in [0.29, 0.717) is 13.2 Å². The van der Waals surface area contributed by atoms with Gasteiger partial charge in [0.15, 0.2) is 0 Å². The largest absolute Gasteiger partial charge is 0.396 e. The molecule has 1 aliphatic rings. The smallest absolute Gasteiger partial charge is 0.149 e. The molecule has 0 bridgehead atoms. The molecule has 13 heavy (non-hydrogen) atoms. The zero-order valence-electron chi connectivity index (χ0n) is 7.35. The fourth-order valence-corrected chi connectivity index (χ4v) is 1.62. The van der Waals surface area contributed by atoms with Crippen LogP contribution in [0, 0.1) is 5.82 Å². The van der Waals surface area contributed by atoms with Crippen molar-refractivity contribution in [2.24, 2.45) is 0 Å². The van der Waals surface area contributed by atoms with Gasteiger partial charge >= 0.3 is 0 Å². The first-order chi connectivity index (χ1) is 6.29. The Morgan fingerprint density at radius 2 is 2.23 bits per heavy atom. The van der Waals surface area contributed by atoms with E-state index in [4.69, 9.17) is 10.5 Å². The zero-order chi connectivity index (χ0) is 9.26. The summed E-state index contributed by atoms with van der Waals surface area (Å²) in [7, 11) is 0. The summed E-state index contributed by atoms with van der Waals surface area (Å²) >= 11 is 0. The van der Waals surface area contributed by atoms with Gasteiger partial charge in [0.25, 0.3) is 0 Å². The van der Waals surface area contributed by atoms with Gasteiger partial charge in [-0.05, 0) is 30.0 Å². The molecule has 0 atom stereocenters. The predicted molar refractivity (Wildman–Crippen MR) is 48.8 cm³/mol. The molecule has 0 fully saturated rings. The molecule has 1 aromatic carbocycles. The quantitative estimate of drug-likeness (QED) is 0.620. The summed E-state index contributed by atoms with van der Waals surface area (Å²) in [5.74, 6) is -0.261. The fraction of sp³-hybridized carbons (Fsp3) is 0.400. The number of nitrogen functional groups attached to an aromatic ring is 1. The molecule has 0 radical (unpaired) electrons. The van der Waals surface area contributed by atoms with E-state index in [2.05, 4.69) is 0 Å². The van der Waals surface area contributed by atoms with Crippen LogP contribution in [0.5, 0.6) is 0 Å². The van der Waals surface area contributed by atoms with Gasteiger partial charge in [0.05, 0.1) is 12.3 Å². The van der Waals surface area contributed by atoms with E-state index in [1.165, 1.54) is 0 Å². The van der Waals surface area contributed by atoms with E-state index in [1.807, 2.05) is 6.07 Å². The van der Waals surface area contributed by atoms with Gasteiger partial charge in [-0.1, -0.05) is 6.07 Å². The fourth-order valence-electron chi connectivity index (χ4n) is 1.62. The Labute approximate surface area is 76.5 Å². The average Bonchev–Trinajstić information content (AvgIpc) is 2.36. The van der Waals surface area contributed by atoms with E-state index >= 15 is 0 Å². The van der Waals surface area contributed by atoms with Gasteiger partial charge in [-0.3, -0.25) is 0 Å². The molecule has 0 aromatic heterocycles. The highest BCUT2D eigenvalue weighted by atomic mass is 19.1. The minimum absolute atomic E-state index is 0.237. The van der Waals surface area contributed by atoms with Crippen molar-refractivity contribution in [3.05, 3.63) is 29.1 Å². The Kier molecular flexibility index (Phi) is 2.19. The van der Waals surface area contributed by atoms with Crippen LogP contribution >= 0.6 is 0 Å². The Morgan fingerprint density at radius 1 is 1.38 bits per heavy atom.